The fourth-order valence-corrected chi connectivity index (χ4v) is 1.83. The molecule has 0 aliphatic carbocycles. The van der Waals surface area contributed by atoms with Crippen LogP contribution in [-0.2, 0) is 9.53 Å². The fourth-order valence-electron chi connectivity index (χ4n) is 1.70. The van der Waals surface area contributed by atoms with E-state index in [1.54, 1.807) is 29.2 Å². The van der Waals surface area contributed by atoms with Gasteiger partial charge in [0.15, 0.2) is 0 Å². The number of nitrogens with one attached hydrogen (secondary N) is 1. The van der Waals surface area contributed by atoms with Gasteiger partial charge in [-0.2, -0.15) is 0 Å². The highest BCUT2D eigenvalue weighted by molar-refractivity contribution is 6.30. The molecule has 0 aliphatic rings. The molecule has 1 N–H and O–H groups in total. The van der Waals surface area contributed by atoms with E-state index in [2.05, 4.69) is 10.1 Å². The SMILES string of the molecule is COC(=O)CCN(CCN(C)C)C(=O)Nc1ccc(Cl)cc1. The Kier molecular flexibility index (Phi) is 7.70. The molecule has 0 radical (unpaired) electrons. The Morgan fingerprint density at radius 3 is 2.32 bits per heavy atom. The number of amides is 2. The number of ether oxygens (including phenoxy) is 1. The minimum atomic E-state index is -0.339. The van der Waals surface area contributed by atoms with Gasteiger partial charge in [-0.1, -0.05) is 11.6 Å². The number of urea groups is 1. The molecule has 0 saturated carbocycles. The predicted molar refractivity (Wildman–Crippen MR) is 87.2 cm³/mol. The summed E-state index contributed by atoms with van der Waals surface area (Å²) in [5, 5.41) is 3.40. The van der Waals surface area contributed by atoms with Crippen LogP contribution in [0.1, 0.15) is 6.42 Å². The molecule has 7 heteroatoms. The first-order valence-electron chi connectivity index (χ1n) is 6.95. The van der Waals surface area contributed by atoms with E-state index in [9.17, 15) is 9.59 Å². The van der Waals surface area contributed by atoms with Gasteiger partial charge in [-0.3, -0.25) is 4.79 Å². The van der Waals surface area contributed by atoms with E-state index in [4.69, 9.17) is 11.6 Å². The maximum Gasteiger partial charge on any atom is 0.321 e. The lowest BCUT2D eigenvalue weighted by Gasteiger charge is -2.24. The summed E-state index contributed by atoms with van der Waals surface area (Å²) in [5.41, 5.74) is 0.655. The number of likely N-dealkylation sites (N-methyl/N-ethyl adjacent to an activating group) is 1. The monoisotopic (exact) mass is 327 g/mol. The predicted octanol–water partition coefficient (Wildman–Crippen LogP) is 2.30. The molecule has 0 bridgehead atoms. The molecule has 0 heterocycles. The largest absolute Gasteiger partial charge is 0.469 e. The number of benzene rings is 1. The Labute approximate surface area is 136 Å². The van der Waals surface area contributed by atoms with Crippen molar-refractivity contribution in [2.75, 3.05) is 46.2 Å². The van der Waals surface area contributed by atoms with Gasteiger partial charge in [0.25, 0.3) is 0 Å². The Balaban J connectivity index is 2.64. The van der Waals surface area contributed by atoms with E-state index < -0.39 is 0 Å². The van der Waals surface area contributed by atoms with Crippen LogP contribution in [-0.4, -0.2) is 62.6 Å². The second-order valence-corrected chi connectivity index (χ2v) is 5.49. The van der Waals surface area contributed by atoms with Gasteiger partial charge in [-0.25, -0.2) is 4.79 Å². The zero-order valence-electron chi connectivity index (χ0n) is 13.1. The first kappa shape index (κ1) is 18.3. The van der Waals surface area contributed by atoms with Crippen LogP contribution in [0.3, 0.4) is 0 Å². The van der Waals surface area contributed by atoms with Gasteiger partial charge in [-0.15, -0.1) is 0 Å². The maximum atomic E-state index is 12.3. The van der Waals surface area contributed by atoms with Crippen LogP contribution in [0.2, 0.25) is 5.02 Å². The van der Waals surface area contributed by atoms with Crippen molar-refractivity contribution in [3.8, 4) is 0 Å². The van der Waals surface area contributed by atoms with Gasteiger partial charge in [-0.05, 0) is 38.4 Å². The summed E-state index contributed by atoms with van der Waals surface area (Å²) in [6.45, 7) is 1.53. The molecule has 0 unspecified atom stereocenters. The van der Waals surface area contributed by atoms with Crippen molar-refractivity contribution in [2.45, 2.75) is 6.42 Å². The number of anilines is 1. The number of hydrogen-bond donors (Lipinski definition) is 1. The number of halogens is 1. The average Bonchev–Trinajstić information content (AvgIpc) is 2.48. The molecule has 122 valence electrons. The van der Waals surface area contributed by atoms with Crippen molar-refractivity contribution < 1.29 is 14.3 Å². The summed E-state index contributed by atoms with van der Waals surface area (Å²) in [6, 6.07) is 6.61. The van der Waals surface area contributed by atoms with E-state index in [0.29, 0.717) is 30.3 Å². The van der Waals surface area contributed by atoms with Crippen LogP contribution in [0, 0.1) is 0 Å². The Bertz CT molecular complexity index is 491. The third-order valence-corrected chi connectivity index (χ3v) is 3.27. The summed E-state index contributed by atoms with van der Waals surface area (Å²) in [6.07, 6.45) is 0.165. The van der Waals surface area contributed by atoms with Crippen molar-refractivity contribution >= 4 is 29.3 Å². The second-order valence-electron chi connectivity index (χ2n) is 5.05. The van der Waals surface area contributed by atoms with Crippen LogP contribution in [0.15, 0.2) is 24.3 Å². The van der Waals surface area contributed by atoms with Gasteiger partial charge in [0.05, 0.1) is 13.5 Å². The summed E-state index contributed by atoms with van der Waals surface area (Å²) in [7, 11) is 5.19. The molecule has 2 amide bonds. The normalized spacial score (nSPS) is 10.4. The van der Waals surface area contributed by atoms with Crippen molar-refractivity contribution in [1.29, 1.82) is 0 Å². The van der Waals surface area contributed by atoms with Crippen molar-refractivity contribution in [3.05, 3.63) is 29.3 Å². The zero-order chi connectivity index (χ0) is 16.5. The molecule has 1 aromatic carbocycles. The molecule has 0 aliphatic heterocycles. The lowest BCUT2D eigenvalue weighted by Crippen LogP contribution is -2.40. The molecule has 1 aromatic rings. The summed E-state index contributed by atoms with van der Waals surface area (Å²) >= 11 is 5.82. The minimum Gasteiger partial charge on any atom is -0.469 e. The molecule has 0 fully saturated rings. The lowest BCUT2D eigenvalue weighted by molar-refractivity contribution is -0.140. The third kappa shape index (κ3) is 6.78. The van der Waals surface area contributed by atoms with Crippen LogP contribution in [0.25, 0.3) is 0 Å². The first-order chi connectivity index (χ1) is 10.4. The molecule has 0 saturated heterocycles. The average molecular weight is 328 g/mol. The Morgan fingerprint density at radius 1 is 1.14 bits per heavy atom. The molecule has 1 rings (SSSR count). The molecule has 6 nitrogen and oxygen atoms in total. The number of nitrogens with zero attached hydrogens (tertiary/aromatic N) is 2. The molecule has 22 heavy (non-hydrogen) atoms. The van der Waals surface area contributed by atoms with E-state index in [1.165, 1.54) is 7.11 Å². The maximum absolute atomic E-state index is 12.3. The smallest absolute Gasteiger partial charge is 0.321 e. The number of carbonyl (C=O) groups is 2. The highest BCUT2D eigenvalue weighted by Crippen LogP contribution is 2.14. The minimum absolute atomic E-state index is 0.165. The van der Waals surface area contributed by atoms with E-state index in [1.807, 2.05) is 19.0 Å². The topological polar surface area (TPSA) is 61.9 Å². The molecular formula is C15H22ClN3O3. The van der Waals surface area contributed by atoms with Crippen LogP contribution in [0.4, 0.5) is 10.5 Å². The summed E-state index contributed by atoms with van der Waals surface area (Å²) in [4.78, 5) is 27.2. The van der Waals surface area contributed by atoms with Crippen LogP contribution in [0.5, 0.6) is 0 Å². The Hall–Kier alpha value is -1.79. The number of carbonyl (C=O) groups excluding carboxylic acids is 2. The van der Waals surface area contributed by atoms with Gasteiger partial charge >= 0.3 is 12.0 Å². The highest BCUT2D eigenvalue weighted by Gasteiger charge is 2.15. The van der Waals surface area contributed by atoms with Gasteiger partial charge in [0.2, 0.25) is 0 Å². The number of rotatable bonds is 7. The van der Waals surface area contributed by atoms with E-state index in [0.717, 1.165) is 0 Å². The Morgan fingerprint density at radius 2 is 1.77 bits per heavy atom. The van der Waals surface area contributed by atoms with E-state index in [-0.39, 0.29) is 18.4 Å². The quantitative estimate of drug-likeness (QED) is 0.781. The number of methoxy groups -OCH3 is 1. The van der Waals surface area contributed by atoms with Crippen LogP contribution < -0.4 is 5.32 Å². The highest BCUT2D eigenvalue weighted by atomic mass is 35.5. The van der Waals surface area contributed by atoms with Crippen molar-refractivity contribution in [2.24, 2.45) is 0 Å². The summed E-state index contributed by atoms with van der Waals surface area (Å²) in [5.74, 6) is -0.339. The van der Waals surface area contributed by atoms with Gasteiger partial charge < -0.3 is 19.9 Å². The molecule has 0 aromatic heterocycles. The van der Waals surface area contributed by atoms with Crippen LogP contribution >= 0.6 is 11.6 Å². The number of esters is 1. The molecule has 0 atom stereocenters. The molecular weight excluding hydrogens is 306 g/mol. The third-order valence-electron chi connectivity index (χ3n) is 3.01. The van der Waals surface area contributed by atoms with Gasteiger partial charge in [0, 0.05) is 30.3 Å². The van der Waals surface area contributed by atoms with E-state index >= 15 is 0 Å². The van der Waals surface area contributed by atoms with Gasteiger partial charge in [0.1, 0.15) is 0 Å². The fraction of sp³-hybridized carbons (Fsp3) is 0.467. The van der Waals surface area contributed by atoms with Crippen molar-refractivity contribution in [1.82, 2.24) is 9.80 Å². The second kappa shape index (κ2) is 9.27. The first-order valence-corrected chi connectivity index (χ1v) is 7.33. The zero-order valence-corrected chi connectivity index (χ0v) is 13.9. The lowest BCUT2D eigenvalue weighted by atomic mass is 10.3. The number of hydrogen-bond acceptors (Lipinski definition) is 4. The molecule has 0 spiro atoms. The van der Waals surface area contributed by atoms with Crippen molar-refractivity contribution in [3.63, 3.8) is 0 Å². The summed E-state index contributed by atoms with van der Waals surface area (Å²) < 4.78 is 4.62. The standard InChI is InChI=1S/C15H22ClN3O3/c1-18(2)10-11-19(9-8-14(20)22-3)15(21)17-13-6-4-12(16)5-7-13/h4-7H,8-11H2,1-3H3,(H,17,21).